The molecule has 1 saturated heterocycles. The molecule has 0 radical (unpaired) electrons. The molecule has 1 aromatic carbocycles. The highest BCUT2D eigenvalue weighted by molar-refractivity contribution is 5.92. The molecular formula is C17H19NO5. The largest absolute Gasteiger partial charge is 0.469 e. The number of hydrogen-bond acceptors (Lipinski definition) is 5. The SMILES string of the molecule is COC(=O)C1CCN(C(=O)C=Cc2ccc3c(c2)OCO3)CC1. The Labute approximate surface area is 134 Å². The number of carbonyl (C=O) groups excluding carboxylic acids is 2. The van der Waals surface area contributed by atoms with Crippen molar-refractivity contribution < 1.29 is 23.8 Å². The predicted octanol–water partition coefficient (Wildman–Crippen LogP) is 1.84. The topological polar surface area (TPSA) is 65.1 Å². The Bertz CT molecular complexity index is 632. The number of methoxy groups -OCH3 is 1. The van der Waals surface area contributed by atoms with Crippen LogP contribution in [-0.4, -0.2) is 43.8 Å². The number of benzene rings is 1. The van der Waals surface area contributed by atoms with Crippen LogP contribution in [0.3, 0.4) is 0 Å². The Morgan fingerprint density at radius 2 is 1.96 bits per heavy atom. The molecule has 0 bridgehead atoms. The lowest BCUT2D eigenvalue weighted by atomic mass is 9.97. The van der Waals surface area contributed by atoms with Crippen molar-refractivity contribution in [1.82, 2.24) is 4.90 Å². The fourth-order valence-electron chi connectivity index (χ4n) is 2.79. The summed E-state index contributed by atoms with van der Waals surface area (Å²) in [5.74, 6) is 1.08. The van der Waals surface area contributed by atoms with Gasteiger partial charge in [0.2, 0.25) is 12.7 Å². The lowest BCUT2D eigenvalue weighted by molar-refractivity contribution is -0.148. The van der Waals surface area contributed by atoms with Gasteiger partial charge in [-0.2, -0.15) is 0 Å². The molecule has 6 nitrogen and oxygen atoms in total. The summed E-state index contributed by atoms with van der Waals surface area (Å²) in [6, 6.07) is 5.55. The molecule has 1 amide bonds. The van der Waals surface area contributed by atoms with Gasteiger partial charge in [0, 0.05) is 19.2 Å². The highest BCUT2D eigenvalue weighted by atomic mass is 16.7. The fourth-order valence-corrected chi connectivity index (χ4v) is 2.79. The zero-order valence-corrected chi connectivity index (χ0v) is 13.0. The van der Waals surface area contributed by atoms with Crippen molar-refractivity contribution in [2.45, 2.75) is 12.8 Å². The average molecular weight is 317 g/mol. The maximum absolute atomic E-state index is 12.2. The van der Waals surface area contributed by atoms with Crippen LogP contribution in [0.4, 0.5) is 0 Å². The highest BCUT2D eigenvalue weighted by Crippen LogP contribution is 2.32. The average Bonchev–Trinajstić information content (AvgIpc) is 3.06. The Morgan fingerprint density at radius 3 is 2.70 bits per heavy atom. The van der Waals surface area contributed by atoms with Crippen LogP contribution in [0.5, 0.6) is 11.5 Å². The van der Waals surface area contributed by atoms with Gasteiger partial charge < -0.3 is 19.1 Å². The van der Waals surface area contributed by atoms with Gasteiger partial charge in [0.25, 0.3) is 0 Å². The quantitative estimate of drug-likeness (QED) is 0.629. The minimum absolute atomic E-state index is 0.0500. The number of likely N-dealkylation sites (tertiary alicyclic amines) is 1. The third-order valence-corrected chi connectivity index (χ3v) is 4.16. The monoisotopic (exact) mass is 317 g/mol. The lowest BCUT2D eigenvalue weighted by Gasteiger charge is -2.29. The van der Waals surface area contributed by atoms with Gasteiger partial charge in [0.15, 0.2) is 11.5 Å². The molecular weight excluding hydrogens is 298 g/mol. The van der Waals surface area contributed by atoms with E-state index in [0.717, 1.165) is 11.3 Å². The van der Waals surface area contributed by atoms with E-state index < -0.39 is 0 Å². The van der Waals surface area contributed by atoms with Gasteiger partial charge in [-0.25, -0.2) is 0 Å². The highest BCUT2D eigenvalue weighted by Gasteiger charge is 2.27. The molecule has 0 N–H and O–H groups in total. The van der Waals surface area contributed by atoms with Crippen LogP contribution in [0, 0.1) is 5.92 Å². The Balaban J connectivity index is 1.56. The molecule has 2 heterocycles. The number of piperidine rings is 1. The van der Waals surface area contributed by atoms with Crippen molar-refractivity contribution in [1.29, 1.82) is 0 Å². The smallest absolute Gasteiger partial charge is 0.308 e. The zero-order valence-electron chi connectivity index (χ0n) is 13.0. The van der Waals surface area contributed by atoms with Gasteiger partial charge in [0.05, 0.1) is 13.0 Å². The summed E-state index contributed by atoms with van der Waals surface area (Å²) < 4.78 is 15.3. The maximum atomic E-state index is 12.2. The van der Waals surface area contributed by atoms with E-state index >= 15 is 0 Å². The molecule has 1 aromatic rings. The number of nitrogens with zero attached hydrogens (tertiary/aromatic N) is 1. The van der Waals surface area contributed by atoms with E-state index in [1.807, 2.05) is 18.2 Å². The van der Waals surface area contributed by atoms with E-state index in [-0.39, 0.29) is 24.6 Å². The first-order valence-electron chi connectivity index (χ1n) is 7.62. The Kier molecular flexibility index (Phi) is 4.50. The number of carbonyl (C=O) groups is 2. The third kappa shape index (κ3) is 3.47. The van der Waals surface area contributed by atoms with E-state index in [1.165, 1.54) is 7.11 Å². The van der Waals surface area contributed by atoms with Gasteiger partial charge in [-0.3, -0.25) is 9.59 Å². The fraction of sp³-hybridized carbons (Fsp3) is 0.412. The summed E-state index contributed by atoms with van der Waals surface area (Å²) >= 11 is 0. The van der Waals surface area contributed by atoms with Crippen LogP contribution in [0.2, 0.25) is 0 Å². The molecule has 23 heavy (non-hydrogen) atoms. The summed E-state index contributed by atoms with van der Waals surface area (Å²) in [6.45, 7) is 1.38. The van der Waals surface area contributed by atoms with E-state index in [4.69, 9.17) is 14.2 Å². The molecule has 2 aliphatic rings. The molecule has 0 saturated carbocycles. The molecule has 0 aliphatic carbocycles. The van der Waals surface area contributed by atoms with E-state index in [2.05, 4.69) is 0 Å². The van der Waals surface area contributed by atoms with Crippen molar-refractivity contribution in [2.75, 3.05) is 27.0 Å². The summed E-state index contributed by atoms with van der Waals surface area (Å²) in [5.41, 5.74) is 0.882. The normalized spacial score (nSPS) is 17.5. The van der Waals surface area contributed by atoms with Gasteiger partial charge in [0.1, 0.15) is 0 Å². The number of ether oxygens (including phenoxy) is 3. The van der Waals surface area contributed by atoms with E-state index in [9.17, 15) is 9.59 Å². The summed E-state index contributed by atoms with van der Waals surface area (Å²) in [6.07, 6.45) is 4.61. The third-order valence-electron chi connectivity index (χ3n) is 4.16. The first-order chi connectivity index (χ1) is 11.2. The zero-order chi connectivity index (χ0) is 16.2. The van der Waals surface area contributed by atoms with Crippen molar-refractivity contribution >= 4 is 18.0 Å². The number of esters is 1. The van der Waals surface area contributed by atoms with Crippen molar-refractivity contribution in [2.24, 2.45) is 5.92 Å². The standard InChI is InChI=1S/C17H19NO5/c1-21-17(20)13-6-8-18(9-7-13)16(19)5-3-12-2-4-14-15(10-12)23-11-22-14/h2-5,10,13H,6-9,11H2,1H3. The van der Waals surface area contributed by atoms with Gasteiger partial charge in [-0.1, -0.05) is 6.07 Å². The maximum Gasteiger partial charge on any atom is 0.308 e. The van der Waals surface area contributed by atoms with Crippen LogP contribution in [0.1, 0.15) is 18.4 Å². The van der Waals surface area contributed by atoms with E-state index in [0.29, 0.717) is 31.7 Å². The second-order valence-corrected chi connectivity index (χ2v) is 5.57. The lowest BCUT2D eigenvalue weighted by Crippen LogP contribution is -2.39. The van der Waals surface area contributed by atoms with Crippen LogP contribution in [0.25, 0.3) is 6.08 Å². The Hall–Kier alpha value is -2.50. The molecule has 6 heteroatoms. The van der Waals surface area contributed by atoms with Gasteiger partial charge >= 0.3 is 5.97 Å². The second-order valence-electron chi connectivity index (χ2n) is 5.57. The molecule has 0 spiro atoms. The minimum atomic E-state index is -0.187. The first-order valence-corrected chi connectivity index (χ1v) is 7.62. The predicted molar refractivity (Wildman–Crippen MR) is 82.9 cm³/mol. The summed E-state index contributed by atoms with van der Waals surface area (Å²) in [7, 11) is 1.40. The van der Waals surface area contributed by atoms with Crippen molar-refractivity contribution in [3.05, 3.63) is 29.8 Å². The van der Waals surface area contributed by atoms with Crippen LogP contribution < -0.4 is 9.47 Å². The van der Waals surface area contributed by atoms with Crippen LogP contribution in [0.15, 0.2) is 24.3 Å². The summed E-state index contributed by atoms with van der Waals surface area (Å²) in [4.78, 5) is 25.5. The molecule has 0 unspecified atom stereocenters. The van der Waals surface area contributed by atoms with Crippen LogP contribution >= 0.6 is 0 Å². The number of rotatable bonds is 3. The summed E-state index contributed by atoms with van der Waals surface area (Å²) in [5, 5.41) is 0. The van der Waals surface area contributed by atoms with Crippen molar-refractivity contribution in [3.63, 3.8) is 0 Å². The van der Waals surface area contributed by atoms with E-state index in [1.54, 1.807) is 17.1 Å². The minimum Gasteiger partial charge on any atom is -0.469 e. The molecule has 0 aromatic heterocycles. The first kappa shape index (κ1) is 15.4. The molecule has 1 fully saturated rings. The second kappa shape index (κ2) is 6.73. The number of fused-ring (bicyclic) bond motifs is 1. The van der Waals surface area contributed by atoms with Gasteiger partial charge in [-0.05, 0) is 36.6 Å². The number of amides is 1. The molecule has 3 rings (SSSR count). The number of hydrogen-bond donors (Lipinski definition) is 0. The Morgan fingerprint density at radius 1 is 1.22 bits per heavy atom. The van der Waals surface area contributed by atoms with Crippen LogP contribution in [-0.2, 0) is 14.3 Å². The van der Waals surface area contributed by atoms with Gasteiger partial charge in [-0.15, -0.1) is 0 Å². The molecule has 122 valence electrons. The molecule has 0 atom stereocenters. The van der Waals surface area contributed by atoms with Crippen molar-refractivity contribution in [3.8, 4) is 11.5 Å². The molecule has 2 aliphatic heterocycles.